The molecule has 1 unspecified atom stereocenters. The van der Waals surface area contributed by atoms with Crippen molar-refractivity contribution < 1.29 is 37.0 Å². The smallest absolute Gasteiger partial charge is 0.497 e. The summed E-state index contributed by atoms with van der Waals surface area (Å²) in [7, 11) is 1.49. The standard InChI is InChI=1S/C32H27F3N4O5/c1-3-28-29(26-14-13-25(44-32(33,34)35)17-27(26)21-6-4-8-24(16-21)42-2)38-39(31(41)43-28)19-20-9-11-23(12-10-20)37-30(40)22-7-5-15-36-18-22/h4-18,28H,3,19H2,1-2H3,(H,37,40). The number of pyridine rings is 1. The number of hydrazone groups is 1. The highest BCUT2D eigenvalue weighted by molar-refractivity contribution is 6.10. The lowest BCUT2D eigenvalue weighted by Crippen LogP contribution is -2.41. The van der Waals surface area contributed by atoms with Gasteiger partial charge in [0, 0.05) is 23.6 Å². The molecule has 1 aliphatic heterocycles. The van der Waals surface area contributed by atoms with Crippen molar-refractivity contribution in [3.8, 4) is 22.6 Å². The van der Waals surface area contributed by atoms with Gasteiger partial charge in [-0.15, -0.1) is 13.2 Å². The van der Waals surface area contributed by atoms with Crippen LogP contribution in [0.4, 0.5) is 23.7 Å². The van der Waals surface area contributed by atoms with Crippen LogP contribution in [-0.4, -0.2) is 47.3 Å². The highest BCUT2D eigenvalue weighted by Gasteiger charge is 2.34. The molecular formula is C32H27F3N4O5. The van der Waals surface area contributed by atoms with Crippen molar-refractivity contribution in [1.82, 2.24) is 9.99 Å². The van der Waals surface area contributed by atoms with Crippen molar-refractivity contribution in [2.75, 3.05) is 12.4 Å². The zero-order valence-corrected chi connectivity index (χ0v) is 23.7. The van der Waals surface area contributed by atoms with Gasteiger partial charge in [0.25, 0.3) is 5.91 Å². The molecule has 0 saturated carbocycles. The van der Waals surface area contributed by atoms with Gasteiger partial charge in [0.05, 0.1) is 19.2 Å². The van der Waals surface area contributed by atoms with Gasteiger partial charge in [-0.1, -0.05) is 31.2 Å². The van der Waals surface area contributed by atoms with Crippen molar-refractivity contribution in [1.29, 1.82) is 0 Å². The van der Waals surface area contributed by atoms with Gasteiger partial charge in [-0.05, 0) is 77.7 Å². The SMILES string of the molecule is CCC1OC(=O)N(Cc2ccc(NC(=O)c3cccnc3)cc2)N=C1c1ccc(OC(F)(F)F)cc1-c1cccc(OC)c1. The molecule has 1 aromatic heterocycles. The number of nitrogens with one attached hydrogen (secondary N) is 1. The molecule has 0 radical (unpaired) electrons. The lowest BCUT2D eigenvalue weighted by molar-refractivity contribution is -0.274. The number of ether oxygens (including phenoxy) is 3. The number of benzene rings is 3. The molecule has 0 aliphatic carbocycles. The van der Waals surface area contributed by atoms with Crippen LogP contribution < -0.4 is 14.8 Å². The molecule has 0 bridgehead atoms. The first-order valence-electron chi connectivity index (χ1n) is 13.5. The van der Waals surface area contributed by atoms with Crippen molar-refractivity contribution in [3.05, 3.63) is 108 Å². The van der Waals surface area contributed by atoms with Gasteiger partial charge in [0.1, 0.15) is 23.3 Å². The third-order valence-electron chi connectivity index (χ3n) is 6.71. The Morgan fingerprint density at radius 3 is 2.48 bits per heavy atom. The molecule has 1 atom stereocenters. The second-order valence-corrected chi connectivity index (χ2v) is 9.70. The summed E-state index contributed by atoms with van der Waals surface area (Å²) in [5.41, 5.74) is 3.41. The normalized spacial score (nSPS) is 14.8. The number of hydrogen-bond acceptors (Lipinski definition) is 7. The number of halogens is 3. The van der Waals surface area contributed by atoms with Gasteiger partial charge in [0.2, 0.25) is 0 Å². The maximum Gasteiger partial charge on any atom is 0.573 e. The summed E-state index contributed by atoms with van der Waals surface area (Å²) in [4.78, 5) is 29.3. The first-order chi connectivity index (χ1) is 21.1. The van der Waals surface area contributed by atoms with Crippen LogP contribution in [0.1, 0.15) is 34.8 Å². The van der Waals surface area contributed by atoms with E-state index in [4.69, 9.17) is 9.47 Å². The molecule has 44 heavy (non-hydrogen) atoms. The highest BCUT2D eigenvalue weighted by Crippen LogP contribution is 2.35. The fraction of sp³-hybridized carbons (Fsp3) is 0.188. The number of methoxy groups -OCH3 is 1. The van der Waals surface area contributed by atoms with Gasteiger partial charge in [-0.3, -0.25) is 9.78 Å². The monoisotopic (exact) mass is 604 g/mol. The molecule has 3 aromatic carbocycles. The topological polar surface area (TPSA) is 102 Å². The minimum absolute atomic E-state index is 0.0410. The van der Waals surface area contributed by atoms with E-state index in [9.17, 15) is 22.8 Å². The lowest BCUT2D eigenvalue weighted by Gasteiger charge is -2.30. The molecule has 0 saturated heterocycles. The molecule has 0 fully saturated rings. The molecule has 9 nitrogen and oxygen atoms in total. The van der Waals surface area contributed by atoms with E-state index in [1.807, 2.05) is 6.92 Å². The summed E-state index contributed by atoms with van der Waals surface area (Å²) in [5.74, 6) is -0.224. The molecule has 2 heterocycles. The number of carbonyl (C=O) groups excluding carboxylic acids is 2. The first-order valence-corrected chi connectivity index (χ1v) is 13.5. The van der Waals surface area contributed by atoms with Gasteiger partial charge in [0.15, 0.2) is 0 Å². The van der Waals surface area contributed by atoms with Crippen LogP contribution in [0.5, 0.6) is 11.5 Å². The van der Waals surface area contributed by atoms with Gasteiger partial charge >= 0.3 is 12.5 Å². The van der Waals surface area contributed by atoms with Crippen molar-refractivity contribution in [2.24, 2.45) is 5.10 Å². The predicted molar refractivity (Wildman–Crippen MR) is 156 cm³/mol. The number of hydrogen-bond donors (Lipinski definition) is 1. The molecule has 226 valence electrons. The van der Waals surface area contributed by atoms with Gasteiger partial charge in [-0.25, -0.2) is 4.79 Å². The highest BCUT2D eigenvalue weighted by atomic mass is 19.4. The molecule has 12 heteroatoms. The van der Waals surface area contributed by atoms with E-state index in [1.165, 1.54) is 31.5 Å². The Labute approximate surface area is 250 Å². The van der Waals surface area contributed by atoms with E-state index in [2.05, 4.69) is 20.1 Å². The van der Waals surface area contributed by atoms with Crippen LogP contribution in [0.3, 0.4) is 0 Å². The van der Waals surface area contributed by atoms with E-state index >= 15 is 0 Å². The van der Waals surface area contributed by atoms with Crippen LogP contribution in [-0.2, 0) is 11.3 Å². The molecule has 5 rings (SSSR count). The van der Waals surface area contributed by atoms with Crippen LogP contribution in [0, 0.1) is 0 Å². The molecule has 0 spiro atoms. The largest absolute Gasteiger partial charge is 0.573 e. The number of carbonyl (C=O) groups is 2. The third kappa shape index (κ3) is 7.14. The molecule has 1 N–H and O–H groups in total. The quantitative estimate of drug-likeness (QED) is 0.220. The Kier molecular flexibility index (Phi) is 8.79. The van der Waals surface area contributed by atoms with Crippen molar-refractivity contribution in [3.63, 3.8) is 0 Å². The number of nitrogens with zero attached hydrogens (tertiary/aromatic N) is 3. The Morgan fingerprint density at radius 2 is 1.80 bits per heavy atom. The van der Waals surface area contributed by atoms with Crippen molar-refractivity contribution >= 4 is 23.4 Å². The minimum Gasteiger partial charge on any atom is -0.497 e. The number of anilines is 1. The van der Waals surface area contributed by atoms with E-state index < -0.39 is 24.3 Å². The zero-order chi connectivity index (χ0) is 31.3. The summed E-state index contributed by atoms with van der Waals surface area (Å²) < 4.78 is 54.5. The average Bonchev–Trinajstić information content (AvgIpc) is 3.02. The summed E-state index contributed by atoms with van der Waals surface area (Å²) in [6, 6.07) is 20.9. The van der Waals surface area contributed by atoms with Crippen molar-refractivity contribution in [2.45, 2.75) is 32.4 Å². The molecule has 4 aromatic rings. The Morgan fingerprint density at radius 1 is 1.00 bits per heavy atom. The van der Waals surface area contributed by atoms with E-state index in [0.29, 0.717) is 51.4 Å². The molecular weight excluding hydrogens is 577 g/mol. The average molecular weight is 605 g/mol. The second-order valence-electron chi connectivity index (χ2n) is 9.70. The van der Waals surface area contributed by atoms with Crippen LogP contribution in [0.25, 0.3) is 11.1 Å². The van der Waals surface area contributed by atoms with Crippen LogP contribution in [0.15, 0.2) is 96.4 Å². The minimum atomic E-state index is -4.88. The fourth-order valence-electron chi connectivity index (χ4n) is 4.62. The number of rotatable bonds is 9. The Bertz CT molecular complexity index is 1680. The number of cyclic esters (lactones) is 1. The van der Waals surface area contributed by atoms with Crippen LogP contribution >= 0.6 is 0 Å². The number of aromatic nitrogens is 1. The van der Waals surface area contributed by atoms with Crippen LogP contribution in [0.2, 0.25) is 0 Å². The maximum absolute atomic E-state index is 13.1. The van der Waals surface area contributed by atoms with E-state index in [-0.39, 0.29) is 12.5 Å². The Balaban J connectivity index is 1.45. The first kappa shape index (κ1) is 30.1. The summed E-state index contributed by atoms with van der Waals surface area (Å²) in [6.45, 7) is 1.85. The maximum atomic E-state index is 13.1. The third-order valence-corrected chi connectivity index (χ3v) is 6.71. The van der Waals surface area contributed by atoms with Gasteiger partial charge < -0.3 is 19.5 Å². The summed E-state index contributed by atoms with van der Waals surface area (Å²) >= 11 is 0. The van der Waals surface area contributed by atoms with E-state index in [0.717, 1.165) is 5.01 Å². The molecule has 1 aliphatic rings. The van der Waals surface area contributed by atoms with Gasteiger partial charge in [-0.2, -0.15) is 10.1 Å². The predicted octanol–water partition coefficient (Wildman–Crippen LogP) is 7.04. The zero-order valence-electron chi connectivity index (χ0n) is 23.7. The number of alkyl halides is 3. The number of amides is 2. The molecule has 2 amide bonds. The lowest BCUT2D eigenvalue weighted by atomic mass is 9.93. The summed E-state index contributed by atoms with van der Waals surface area (Å²) in [6.07, 6.45) is -2.89. The summed E-state index contributed by atoms with van der Waals surface area (Å²) in [5, 5.41) is 8.57. The second kappa shape index (κ2) is 12.9. The Hall–Kier alpha value is -5.39. The van der Waals surface area contributed by atoms with E-state index in [1.54, 1.807) is 66.9 Å². The fourth-order valence-corrected chi connectivity index (χ4v) is 4.62.